The summed E-state index contributed by atoms with van der Waals surface area (Å²) in [4.78, 5) is 48.0. The second kappa shape index (κ2) is 13.7. The Labute approximate surface area is 263 Å². The van der Waals surface area contributed by atoms with E-state index in [-0.39, 0.29) is 39.3 Å². The highest BCUT2D eigenvalue weighted by atomic mass is 35.5. The Kier molecular flexibility index (Phi) is 10.0. The van der Waals surface area contributed by atoms with Gasteiger partial charge in [0.15, 0.2) is 5.13 Å². The van der Waals surface area contributed by atoms with E-state index in [9.17, 15) is 14.7 Å². The fourth-order valence-corrected chi connectivity index (χ4v) is 6.45. The fourth-order valence-electron chi connectivity index (χ4n) is 5.09. The number of rotatable bonds is 10. The van der Waals surface area contributed by atoms with Crippen LogP contribution >= 0.6 is 34.5 Å². The summed E-state index contributed by atoms with van der Waals surface area (Å²) in [7, 11) is 3.68. The minimum Gasteiger partial charge on any atom is -0.477 e. The van der Waals surface area contributed by atoms with Gasteiger partial charge in [0.05, 0.1) is 34.6 Å². The van der Waals surface area contributed by atoms with Crippen molar-refractivity contribution in [1.29, 1.82) is 0 Å². The minimum atomic E-state index is -1.10. The molecule has 2 aliphatic heterocycles. The summed E-state index contributed by atoms with van der Waals surface area (Å²) in [5, 5.41) is 13.9. The van der Waals surface area contributed by atoms with E-state index >= 15 is 0 Å². The van der Waals surface area contributed by atoms with Gasteiger partial charge < -0.3 is 34.7 Å². The molecule has 3 aromatic heterocycles. The molecule has 5 rings (SSSR count). The molecule has 0 saturated carbocycles. The first-order valence-electron chi connectivity index (χ1n) is 13.9. The van der Waals surface area contributed by atoms with Crippen molar-refractivity contribution < 1.29 is 24.2 Å². The van der Waals surface area contributed by atoms with Crippen molar-refractivity contribution in [2.75, 3.05) is 71.5 Å². The monoisotopic (exact) mass is 652 g/mol. The zero-order valence-corrected chi connectivity index (χ0v) is 26.4. The predicted octanol–water partition coefficient (Wildman–Crippen LogP) is 2.89. The van der Waals surface area contributed by atoms with Gasteiger partial charge in [-0.05, 0) is 20.4 Å². The number of carboxylic acid groups (broad SMARTS) is 1. The Morgan fingerprint density at radius 2 is 1.93 bits per heavy atom. The summed E-state index contributed by atoms with van der Waals surface area (Å²) in [5.74, 6) is -1.11. The molecule has 16 heteroatoms. The van der Waals surface area contributed by atoms with Gasteiger partial charge in [-0.15, -0.1) is 0 Å². The molecule has 43 heavy (non-hydrogen) atoms. The molecule has 232 valence electrons. The molecule has 2 fully saturated rings. The van der Waals surface area contributed by atoms with E-state index in [4.69, 9.17) is 32.7 Å². The number of carbonyl (C=O) groups excluding carboxylic acids is 1. The third-order valence-electron chi connectivity index (χ3n) is 7.66. The lowest BCUT2D eigenvalue weighted by Crippen LogP contribution is -2.55. The minimum absolute atomic E-state index is 0.0612. The number of amides is 1. The standard InChI is InChI=1S/C27H34Cl2N8O5S/c1-15-20(28)21(29)23(32-15)25(38)33-16-4-5-37(14-18(16)41-3)27-34-22(24(43-27)26(39)40)17-12-31-19(13-30-17)42-11-10-36-8-6-35(2)7-9-36/h12-13,16,18,32H,4-11,14H2,1-3H3,(H,33,38)(H,39,40)/t16-,18+/m1/s1. The predicted molar refractivity (Wildman–Crippen MR) is 164 cm³/mol. The molecular formula is C27H34Cl2N8O5S. The van der Waals surface area contributed by atoms with Crippen molar-refractivity contribution in [3.8, 4) is 17.3 Å². The summed E-state index contributed by atoms with van der Waals surface area (Å²) in [6.45, 7) is 8.00. The van der Waals surface area contributed by atoms with E-state index in [0.29, 0.717) is 53.5 Å². The van der Waals surface area contributed by atoms with Crippen molar-refractivity contribution in [3.05, 3.63) is 38.7 Å². The quantitative estimate of drug-likeness (QED) is 0.297. The number of aromatic nitrogens is 4. The number of carbonyl (C=O) groups is 2. The number of nitrogens with zero attached hydrogens (tertiary/aromatic N) is 6. The van der Waals surface area contributed by atoms with E-state index < -0.39 is 5.97 Å². The first kappa shape index (κ1) is 31.4. The lowest BCUT2D eigenvalue weighted by Gasteiger charge is -2.37. The van der Waals surface area contributed by atoms with E-state index in [1.165, 1.54) is 12.4 Å². The van der Waals surface area contributed by atoms with Crippen LogP contribution in [0.1, 0.15) is 32.3 Å². The number of halogens is 2. The molecule has 0 bridgehead atoms. The average Bonchev–Trinajstić information content (AvgIpc) is 3.56. The number of H-pyrrole nitrogens is 1. The molecule has 3 aromatic rings. The zero-order chi connectivity index (χ0) is 30.7. The SMILES string of the molecule is CO[C@H]1CN(c2nc(-c3cnc(OCCN4CCN(C)CC4)cn3)c(C(=O)O)s2)CC[C@H]1NC(=O)c1[nH]c(C)c(Cl)c1Cl. The van der Waals surface area contributed by atoms with Crippen molar-refractivity contribution in [2.45, 2.75) is 25.5 Å². The first-order chi connectivity index (χ1) is 20.6. The summed E-state index contributed by atoms with van der Waals surface area (Å²) < 4.78 is 11.5. The number of likely N-dealkylation sites (N-methyl/N-ethyl adjacent to an activating group) is 1. The molecule has 0 aliphatic carbocycles. The molecule has 2 atom stereocenters. The van der Waals surface area contributed by atoms with Crippen molar-refractivity contribution in [1.82, 2.24) is 35.1 Å². The van der Waals surface area contributed by atoms with Gasteiger partial charge in [0.25, 0.3) is 5.91 Å². The largest absolute Gasteiger partial charge is 0.477 e. The Hall–Kier alpha value is -3.01. The van der Waals surface area contributed by atoms with Crippen LogP contribution in [0.5, 0.6) is 5.88 Å². The Morgan fingerprint density at radius 1 is 1.16 bits per heavy atom. The molecule has 2 aliphatic rings. The lowest BCUT2D eigenvalue weighted by molar-refractivity contribution is 0.0540. The van der Waals surface area contributed by atoms with Crippen LogP contribution in [0.25, 0.3) is 11.4 Å². The molecule has 1 amide bonds. The van der Waals surface area contributed by atoms with Crippen LogP contribution in [-0.2, 0) is 4.74 Å². The summed E-state index contributed by atoms with van der Waals surface area (Å²) >= 11 is 13.4. The van der Waals surface area contributed by atoms with Crippen molar-refractivity contribution >= 4 is 51.5 Å². The van der Waals surface area contributed by atoms with Gasteiger partial charge in [0, 0.05) is 58.6 Å². The molecule has 0 unspecified atom stereocenters. The van der Waals surface area contributed by atoms with Gasteiger partial charge in [0.1, 0.15) is 28.6 Å². The summed E-state index contributed by atoms with van der Waals surface area (Å²) in [6, 6.07) is -0.305. The van der Waals surface area contributed by atoms with Crippen LogP contribution in [0.4, 0.5) is 5.13 Å². The number of aryl methyl sites for hydroxylation is 1. The third-order valence-corrected chi connectivity index (χ3v) is 9.72. The fraction of sp³-hybridized carbons (Fsp3) is 0.519. The number of ether oxygens (including phenoxy) is 2. The number of piperidine rings is 1. The molecule has 13 nitrogen and oxygen atoms in total. The molecule has 3 N–H and O–H groups in total. The van der Waals surface area contributed by atoms with Gasteiger partial charge >= 0.3 is 5.97 Å². The van der Waals surface area contributed by atoms with Gasteiger partial charge in [-0.3, -0.25) is 9.69 Å². The highest BCUT2D eigenvalue weighted by Gasteiger charge is 2.34. The maximum atomic E-state index is 12.9. The van der Waals surface area contributed by atoms with Crippen LogP contribution in [0.3, 0.4) is 0 Å². The van der Waals surface area contributed by atoms with E-state index in [1.54, 1.807) is 14.0 Å². The van der Waals surface area contributed by atoms with Crippen LogP contribution < -0.4 is 15.0 Å². The van der Waals surface area contributed by atoms with Crippen molar-refractivity contribution in [2.24, 2.45) is 0 Å². The van der Waals surface area contributed by atoms with Crippen LogP contribution in [0.2, 0.25) is 10.0 Å². The number of aromatic amines is 1. The summed E-state index contributed by atoms with van der Waals surface area (Å²) in [6.07, 6.45) is 3.12. The molecule has 0 aromatic carbocycles. The molecule has 5 heterocycles. The number of thiazole rings is 1. The van der Waals surface area contributed by atoms with Crippen LogP contribution in [0, 0.1) is 6.92 Å². The maximum absolute atomic E-state index is 12.9. The van der Waals surface area contributed by atoms with E-state index in [0.717, 1.165) is 44.1 Å². The molecule has 0 spiro atoms. The highest BCUT2D eigenvalue weighted by molar-refractivity contribution is 7.17. The number of hydrogen-bond acceptors (Lipinski definition) is 11. The second-order valence-electron chi connectivity index (χ2n) is 10.6. The highest BCUT2D eigenvalue weighted by Crippen LogP contribution is 2.34. The number of nitrogens with one attached hydrogen (secondary N) is 2. The maximum Gasteiger partial charge on any atom is 0.348 e. The van der Waals surface area contributed by atoms with Gasteiger partial charge in [0.2, 0.25) is 5.88 Å². The number of hydrogen-bond donors (Lipinski definition) is 3. The molecular weight excluding hydrogens is 619 g/mol. The van der Waals surface area contributed by atoms with Crippen molar-refractivity contribution in [3.63, 3.8) is 0 Å². The zero-order valence-electron chi connectivity index (χ0n) is 24.1. The van der Waals surface area contributed by atoms with Gasteiger partial charge in [-0.2, -0.15) is 0 Å². The normalized spacial score (nSPS) is 19.9. The topological polar surface area (TPSA) is 149 Å². The smallest absolute Gasteiger partial charge is 0.348 e. The van der Waals surface area contributed by atoms with Gasteiger partial charge in [-0.1, -0.05) is 34.5 Å². The Morgan fingerprint density at radius 3 is 2.56 bits per heavy atom. The third kappa shape index (κ3) is 7.21. The Bertz CT molecular complexity index is 1440. The summed E-state index contributed by atoms with van der Waals surface area (Å²) in [5.41, 5.74) is 1.39. The molecule has 0 radical (unpaired) electrons. The number of anilines is 1. The van der Waals surface area contributed by atoms with Crippen LogP contribution in [0.15, 0.2) is 12.4 Å². The van der Waals surface area contributed by atoms with E-state index in [1.807, 2.05) is 4.90 Å². The Balaban J connectivity index is 1.22. The van der Waals surface area contributed by atoms with Gasteiger partial charge in [-0.25, -0.2) is 19.7 Å². The second-order valence-corrected chi connectivity index (χ2v) is 12.3. The lowest BCUT2D eigenvalue weighted by atomic mass is 10.0. The molecule has 2 saturated heterocycles. The number of aromatic carboxylic acids is 1. The van der Waals surface area contributed by atoms with E-state index in [2.05, 4.69) is 42.1 Å². The number of piperazine rings is 1. The first-order valence-corrected chi connectivity index (χ1v) is 15.4. The number of carboxylic acids is 1. The van der Waals surface area contributed by atoms with Crippen LogP contribution in [-0.4, -0.2) is 125 Å². The average molecular weight is 654 g/mol. The number of methoxy groups -OCH3 is 1.